The number of aromatic nitrogens is 2. The van der Waals surface area contributed by atoms with Crippen LogP contribution in [-0.2, 0) is 18.9 Å². The van der Waals surface area contributed by atoms with Crippen LogP contribution in [0, 0.1) is 0 Å². The van der Waals surface area contributed by atoms with Gasteiger partial charge in [-0.05, 0) is 18.4 Å². The lowest BCUT2D eigenvalue weighted by Gasteiger charge is -2.31. The summed E-state index contributed by atoms with van der Waals surface area (Å²) < 4.78 is 47.6. The first-order valence-electron chi connectivity index (χ1n) is 8.45. The molecule has 1 aromatic heterocycles. The first-order chi connectivity index (χ1) is 12.5. The van der Waals surface area contributed by atoms with Gasteiger partial charge in [-0.15, -0.1) is 0 Å². The van der Waals surface area contributed by atoms with E-state index in [-0.39, 0.29) is 12.1 Å². The fourth-order valence-corrected chi connectivity index (χ4v) is 3.11. The Morgan fingerprint density at radius 3 is 2.27 bits per heavy atom. The van der Waals surface area contributed by atoms with Gasteiger partial charge in [0.1, 0.15) is 5.69 Å². The molecule has 4 rings (SSSR count). The number of nitrogens with two attached hydrogens (primary N) is 1. The number of benzene rings is 1. The highest BCUT2D eigenvalue weighted by atomic mass is 19.3. The first kappa shape index (κ1) is 18.6. The maximum atomic E-state index is 14.2. The molecule has 4 nitrogen and oxygen atoms in total. The standard InChI is InChI=1S/C17H18F2N4.CH2F2/c18-17(19)7-6-13-14(12-4-2-11(10-20)3-5-12)21-16(22-15(13)17)23-8-1-9-23;2-1-3/h2-5H,1,6-10,20H2;1H2. The molecule has 2 aliphatic rings. The lowest BCUT2D eigenvalue weighted by Crippen LogP contribution is -2.38. The summed E-state index contributed by atoms with van der Waals surface area (Å²) >= 11 is 0. The zero-order valence-corrected chi connectivity index (χ0v) is 14.2. The Kier molecular flexibility index (Phi) is 5.41. The molecule has 140 valence electrons. The zero-order valence-electron chi connectivity index (χ0n) is 14.2. The predicted octanol–water partition coefficient (Wildman–Crippen LogP) is 3.73. The molecule has 0 saturated carbocycles. The largest absolute Gasteiger partial charge is 0.341 e. The molecule has 1 aromatic carbocycles. The molecule has 0 unspecified atom stereocenters. The van der Waals surface area contributed by atoms with Crippen molar-refractivity contribution >= 4 is 5.95 Å². The Morgan fingerprint density at radius 2 is 1.73 bits per heavy atom. The second-order valence-electron chi connectivity index (χ2n) is 6.25. The third-order valence-electron chi connectivity index (χ3n) is 4.63. The second-order valence-corrected chi connectivity index (χ2v) is 6.25. The number of anilines is 1. The number of alkyl halides is 4. The maximum absolute atomic E-state index is 14.2. The summed E-state index contributed by atoms with van der Waals surface area (Å²) in [5.74, 6) is -2.43. The predicted molar refractivity (Wildman–Crippen MR) is 91.5 cm³/mol. The van der Waals surface area contributed by atoms with Crippen molar-refractivity contribution in [3.8, 4) is 11.3 Å². The molecule has 2 N–H and O–H groups in total. The molecule has 0 bridgehead atoms. The van der Waals surface area contributed by atoms with Gasteiger partial charge in [-0.3, -0.25) is 0 Å². The van der Waals surface area contributed by atoms with E-state index >= 15 is 0 Å². The monoisotopic (exact) mass is 368 g/mol. The Morgan fingerprint density at radius 1 is 1.08 bits per heavy atom. The average molecular weight is 368 g/mol. The minimum absolute atomic E-state index is 0.0905. The van der Waals surface area contributed by atoms with Crippen molar-refractivity contribution in [1.82, 2.24) is 9.97 Å². The van der Waals surface area contributed by atoms with E-state index in [4.69, 9.17) is 5.73 Å². The summed E-state index contributed by atoms with van der Waals surface area (Å²) in [4.78, 5) is 10.8. The molecule has 0 spiro atoms. The normalized spacial score (nSPS) is 17.2. The van der Waals surface area contributed by atoms with Crippen molar-refractivity contribution in [2.24, 2.45) is 5.73 Å². The van der Waals surface area contributed by atoms with E-state index < -0.39 is 12.9 Å². The van der Waals surface area contributed by atoms with E-state index in [2.05, 4.69) is 9.97 Å². The summed E-state index contributed by atoms with van der Waals surface area (Å²) in [7, 11) is 0. The highest BCUT2D eigenvalue weighted by molar-refractivity contribution is 5.67. The Hall–Kier alpha value is -2.22. The summed E-state index contributed by atoms with van der Waals surface area (Å²) in [6, 6.07) is 7.64. The molecule has 0 radical (unpaired) electrons. The van der Waals surface area contributed by atoms with Crippen molar-refractivity contribution in [1.29, 1.82) is 0 Å². The topological polar surface area (TPSA) is 55.0 Å². The van der Waals surface area contributed by atoms with E-state index in [1.54, 1.807) is 0 Å². The van der Waals surface area contributed by atoms with Gasteiger partial charge in [0, 0.05) is 37.2 Å². The average Bonchev–Trinajstić information content (AvgIpc) is 2.89. The van der Waals surface area contributed by atoms with Gasteiger partial charge in [0.15, 0.2) is 0 Å². The van der Waals surface area contributed by atoms with Gasteiger partial charge in [-0.25, -0.2) is 18.7 Å². The van der Waals surface area contributed by atoms with Crippen molar-refractivity contribution in [3.05, 3.63) is 41.1 Å². The molecule has 1 fully saturated rings. The minimum atomic E-state index is -2.86. The Labute approximate surface area is 149 Å². The molecular formula is C18H20F4N4. The van der Waals surface area contributed by atoms with E-state index in [0.717, 1.165) is 30.6 Å². The molecule has 0 amide bonds. The lowest BCUT2D eigenvalue weighted by molar-refractivity contribution is -0.00593. The smallest absolute Gasteiger partial charge is 0.290 e. The Bertz CT molecular complexity index is 761. The van der Waals surface area contributed by atoms with Crippen LogP contribution in [0.4, 0.5) is 23.5 Å². The van der Waals surface area contributed by atoms with E-state index in [0.29, 0.717) is 30.2 Å². The molecular weight excluding hydrogens is 348 g/mol. The fraction of sp³-hybridized carbons (Fsp3) is 0.444. The summed E-state index contributed by atoms with van der Waals surface area (Å²) in [6.07, 6.45) is 1.18. The molecule has 0 atom stereocenters. The van der Waals surface area contributed by atoms with Crippen LogP contribution in [0.15, 0.2) is 24.3 Å². The molecule has 8 heteroatoms. The number of halogens is 4. The highest BCUT2D eigenvalue weighted by Gasteiger charge is 2.43. The van der Waals surface area contributed by atoms with Gasteiger partial charge < -0.3 is 10.6 Å². The highest BCUT2D eigenvalue weighted by Crippen LogP contribution is 2.44. The molecule has 26 heavy (non-hydrogen) atoms. The van der Waals surface area contributed by atoms with Crippen molar-refractivity contribution < 1.29 is 17.6 Å². The number of hydrogen-bond donors (Lipinski definition) is 1. The van der Waals surface area contributed by atoms with Gasteiger partial charge in [-0.2, -0.15) is 8.78 Å². The minimum Gasteiger partial charge on any atom is -0.341 e. The third kappa shape index (κ3) is 3.51. The molecule has 1 saturated heterocycles. The molecule has 1 aliphatic carbocycles. The number of rotatable bonds is 3. The van der Waals surface area contributed by atoms with Crippen LogP contribution in [0.25, 0.3) is 11.3 Å². The van der Waals surface area contributed by atoms with Gasteiger partial charge in [0.2, 0.25) is 12.9 Å². The van der Waals surface area contributed by atoms with Crippen LogP contribution in [-0.4, -0.2) is 30.0 Å². The van der Waals surface area contributed by atoms with Crippen molar-refractivity contribution in [2.75, 3.05) is 24.9 Å². The van der Waals surface area contributed by atoms with Crippen molar-refractivity contribution in [2.45, 2.75) is 31.7 Å². The van der Waals surface area contributed by atoms with Crippen LogP contribution in [0.3, 0.4) is 0 Å². The van der Waals surface area contributed by atoms with E-state index in [9.17, 15) is 17.6 Å². The summed E-state index contributed by atoms with van der Waals surface area (Å²) in [5, 5.41) is 0. The van der Waals surface area contributed by atoms with E-state index in [1.165, 1.54) is 0 Å². The molecule has 2 aromatic rings. The van der Waals surface area contributed by atoms with Gasteiger partial charge >= 0.3 is 0 Å². The second kappa shape index (κ2) is 7.57. The zero-order chi connectivity index (χ0) is 18.7. The van der Waals surface area contributed by atoms with Crippen LogP contribution < -0.4 is 10.6 Å². The van der Waals surface area contributed by atoms with Crippen molar-refractivity contribution in [3.63, 3.8) is 0 Å². The summed E-state index contributed by atoms with van der Waals surface area (Å²) in [6.45, 7) is 0.366. The lowest BCUT2D eigenvalue weighted by atomic mass is 10.0. The third-order valence-corrected chi connectivity index (χ3v) is 4.63. The van der Waals surface area contributed by atoms with Crippen LogP contribution in [0.5, 0.6) is 0 Å². The SMILES string of the molecule is FCF.NCc1ccc(-c2nc(N3CCC3)nc3c2CCC3(F)F)cc1. The molecule has 2 heterocycles. The number of nitrogens with zero attached hydrogens (tertiary/aromatic N) is 3. The van der Waals surface area contributed by atoms with Crippen LogP contribution in [0.2, 0.25) is 0 Å². The quantitative estimate of drug-likeness (QED) is 0.839. The fourth-order valence-electron chi connectivity index (χ4n) is 3.11. The van der Waals surface area contributed by atoms with Gasteiger partial charge in [0.25, 0.3) is 5.92 Å². The maximum Gasteiger partial charge on any atom is 0.290 e. The summed E-state index contributed by atoms with van der Waals surface area (Å²) in [5.41, 5.74) is 8.61. The number of fused-ring (bicyclic) bond motifs is 1. The van der Waals surface area contributed by atoms with E-state index in [1.807, 2.05) is 29.2 Å². The van der Waals surface area contributed by atoms with Gasteiger partial charge in [0.05, 0.1) is 5.69 Å². The Balaban J connectivity index is 0.000000613. The van der Waals surface area contributed by atoms with Crippen LogP contribution >= 0.6 is 0 Å². The van der Waals surface area contributed by atoms with Crippen LogP contribution in [0.1, 0.15) is 29.7 Å². The number of hydrogen-bond acceptors (Lipinski definition) is 4. The first-order valence-corrected chi connectivity index (χ1v) is 8.45. The molecule has 1 aliphatic heterocycles. The van der Waals surface area contributed by atoms with Gasteiger partial charge in [-0.1, -0.05) is 24.3 Å².